The topological polar surface area (TPSA) is 98.2 Å². The molecule has 3 aliphatic rings. The molecule has 0 saturated carbocycles. The number of likely N-dealkylation sites (tertiary alicyclic amines) is 1. The highest BCUT2D eigenvalue weighted by Crippen LogP contribution is 2.38. The van der Waals surface area contributed by atoms with Gasteiger partial charge in [0.25, 0.3) is 11.8 Å². The average Bonchev–Trinajstić information content (AvgIpc) is 2.75. The van der Waals surface area contributed by atoms with E-state index in [-0.39, 0.29) is 43.3 Å². The lowest BCUT2D eigenvalue weighted by atomic mass is 9.78. The van der Waals surface area contributed by atoms with Gasteiger partial charge in [-0.2, -0.15) is 0 Å². The molecule has 33 heavy (non-hydrogen) atoms. The van der Waals surface area contributed by atoms with Gasteiger partial charge in [0.15, 0.2) is 0 Å². The molecule has 0 aromatic heterocycles. The number of β-amino-alcohol motifs (C(OH)–C–C–N with tert-alkyl or cyclic N) is 1. The van der Waals surface area contributed by atoms with Crippen molar-refractivity contribution < 1.29 is 28.7 Å². The summed E-state index contributed by atoms with van der Waals surface area (Å²) in [6.07, 6.45) is -0.664. The van der Waals surface area contributed by atoms with Crippen molar-refractivity contribution in [3.05, 3.63) is 45.9 Å². The Morgan fingerprint density at radius 2 is 1.88 bits per heavy atom. The third kappa shape index (κ3) is 3.93. The van der Waals surface area contributed by atoms with Crippen molar-refractivity contribution >= 4 is 35.1 Å². The number of ketones is 1. The van der Waals surface area contributed by atoms with Crippen molar-refractivity contribution in [2.45, 2.75) is 32.9 Å². The number of fused-ring (bicyclic) bond motifs is 2. The Labute approximate surface area is 195 Å². The molecule has 3 amide bonds. The van der Waals surface area contributed by atoms with E-state index in [1.54, 1.807) is 13.8 Å². The van der Waals surface area contributed by atoms with E-state index in [0.717, 1.165) is 4.90 Å². The van der Waals surface area contributed by atoms with Crippen molar-refractivity contribution in [3.8, 4) is 0 Å². The van der Waals surface area contributed by atoms with Gasteiger partial charge in [-0.05, 0) is 29.7 Å². The van der Waals surface area contributed by atoms with Crippen LogP contribution in [-0.2, 0) is 25.7 Å². The van der Waals surface area contributed by atoms with Crippen LogP contribution in [0, 0.1) is 17.2 Å². The number of carbonyl (C=O) groups is 4. The number of aliphatic hydroxyl groups excluding tert-OH is 1. The number of halogens is 2. The van der Waals surface area contributed by atoms with Crippen LogP contribution in [-0.4, -0.2) is 76.1 Å². The molecule has 0 aliphatic carbocycles. The van der Waals surface area contributed by atoms with Gasteiger partial charge in [0.1, 0.15) is 17.4 Å². The van der Waals surface area contributed by atoms with Crippen LogP contribution in [0.5, 0.6) is 0 Å². The van der Waals surface area contributed by atoms with E-state index in [9.17, 15) is 28.7 Å². The maximum absolute atomic E-state index is 13.5. The molecule has 2 saturated heterocycles. The molecule has 1 N–H and O–H groups in total. The molecule has 3 heterocycles. The summed E-state index contributed by atoms with van der Waals surface area (Å²) in [6, 6.07) is 4.11. The molecule has 0 radical (unpaired) electrons. The molecule has 2 fully saturated rings. The Morgan fingerprint density at radius 1 is 1.18 bits per heavy atom. The third-order valence-corrected chi connectivity index (χ3v) is 6.96. The molecule has 0 bridgehead atoms. The smallest absolute Gasteiger partial charge is 0.295 e. The first-order chi connectivity index (χ1) is 15.4. The highest BCUT2D eigenvalue weighted by molar-refractivity contribution is 6.43. The summed E-state index contributed by atoms with van der Waals surface area (Å²) >= 11 is 5.84. The van der Waals surface area contributed by atoms with Crippen molar-refractivity contribution in [1.29, 1.82) is 0 Å². The molecule has 1 unspecified atom stereocenters. The summed E-state index contributed by atoms with van der Waals surface area (Å²) in [5.74, 6) is -4.83. The van der Waals surface area contributed by atoms with Crippen molar-refractivity contribution in [1.82, 2.24) is 14.7 Å². The number of benzene rings is 1. The fraction of sp³-hybridized carbons (Fsp3) is 0.478. The van der Waals surface area contributed by atoms with Crippen LogP contribution < -0.4 is 0 Å². The zero-order valence-corrected chi connectivity index (χ0v) is 19.4. The molecule has 176 valence electrons. The highest BCUT2D eigenvalue weighted by atomic mass is 35.5. The first-order valence-corrected chi connectivity index (χ1v) is 11.0. The van der Waals surface area contributed by atoms with Crippen LogP contribution in [0.3, 0.4) is 0 Å². The standard InChI is InChI=1S/C23H25ClFN3O5/c1-23(2)11-28-18(21(32)26(3)10-16(23)29)13-6-7-27(20(31)17(13)19(30)22(28)33)9-12-4-5-15(25)14(24)8-12/h4-5,8,16-17,29H,6-7,9-11H2,1-3H3/t16-,17?/m0/s1. The second-order valence-corrected chi connectivity index (χ2v) is 9.92. The van der Waals surface area contributed by atoms with Gasteiger partial charge in [-0.3, -0.25) is 19.2 Å². The minimum Gasteiger partial charge on any atom is -0.391 e. The van der Waals surface area contributed by atoms with Crippen molar-refractivity contribution in [2.75, 3.05) is 26.7 Å². The Balaban J connectivity index is 1.72. The summed E-state index contributed by atoms with van der Waals surface area (Å²) in [4.78, 5) is 56.5. The van der Waals surface area contributed by atoms with E-state index >= 15 is 0 Å². The van der Waals surface area contributed by atoms with Crippen molar-refractivity contribution in [2.24, 2.45) is 11.3 Å². The molecular formula is C23H25ClFN3O5. The maximum Gasteiger partial charge on any atom is 0.295 e. The summed E-state index contributed by atoms with van der Waals surface area (Å²) in [5.41, 5.74) is 0.197. The van der Waals surface area contributed by atoms with E-state index in [1.165, 1.54) is 35.0 Å². The summed E-state index contributed by atoms with van der Waals surface area (Å²) in [5, 5.41) is 10.5. The highest BCUT2D eigenvalue weighted by Gasteiger charge is 2.52. The second-order valence-electron chi connectivity index (χ2n) is 9.51. The molecule has 1 aromatic rings. The number of aliphatic hydroxyl groups is 1. The summed E-state index contributed by atoms with van der Waals surface area (Å²) in [6.45, 7) is 3.88. The molecule has 8 nitrogen and oxygen atoms in total. The van der Waals surface area contributed by atoms with E-state index in [0.29, 0.717) is 11.1 Å². The van der Waals surface area contributed by atoms with Gasteiger partial charge in [-0.1, -0.05) is 31.5 Å². The molecule has 10 heteroatoms. The van der Waals surface area contributed by atoms with Crippen molar-refractivity contribution in [3.63, 3.8) is 0 Å². The molecule has 0 spiro atoms. The first-order valence-electron chi connectivity index (χ1n) is 10.7. The zero-order chi connectivity index (χ0) is 24.2. The molecule has 4 rings (SSSR count). The SMILES string of the molecule is CN1C[C@H](O)C(C)(C)CN2C(=O)C(=O)C3C(=O)N(Cc4ccc(F)c(Cl)c4)CCC3=C2C1=O. The number of amides is 3. The fourth-order valence-corrected chi connectivity index (χ4v) is 4.80. The van der Waals surface area contributed by atoms with Gasteiger partial charge in [0.05, 0.1) is 11.1 Å². The number of carbonyl (C=O) groups excluding carboxylic acids is 4. The average molecular weight is 478 g/mol. The van der Waals surface area contributed by atoms with Gasteiger partial charge in [0, 0.05) is 38.6 Å². The number of hydrogen-bond acceptors (Lipinski definition) is 5. The Morgan fingerprint density at radius 3 is 2.55 bits per heavy atom. The largest absolute Gasteiger partial charge is 0.391 e. The summed E-state index contributed by atoms with van der Waals surface area (Å²) < 4.78 is 13.5. The van der Waals surface area contributed by atoms with Gasteiger partial charge >= 0.3 is 0 Å². The fourth-order valence-electron chi connectivity index (χ4n) is 4.60. The Bertz CT molecular complexity index is 1100. The third-order valence-electron chi connectivity index (χ3n) is 6.67. The predicted molar refractivity (Wildman–Crippen MR) is 116 cm³/mol. The van der Waals surface area contributed by atoms with Crippen LogP contribution in [0.1, 0.15) is 25.8 Å². The van der Waals surface area contributed by atoms with E-state index in [4.69, 9.17) is 11.6 Å². The Kier molecular flexibility index (Phi) is 5.82. The molecule has 1 aromatic carbocycles. The maximum atomic E-state index is 13.5. The lowest BCUT2D eigenvalue weighted by Crippen LogP contribution is -2.60. The number of Topliss-reactive ketones (excluding diaryl/α,β-unsaturated/α-hetero) is 1. The Hall–Kier alpha value is -2.78. The predicted octanol–water partition coefficient (Wildman–Crippen LogP) is 1.35. The van der Waals surface area contributed by atoms with Crippen LogP contribution in [0.2, 0.25) is 5.02 Å². The number of likely N-dealkylation sites (N-methyl/N-ethyl adjacent to an activating group) is 1. The zero-order valence-electron chi connectivity index (χ0n) is 18.6. The van der Waals surface area contributed by atoms with Gasteiger partial charge in [-0.15, -0.1) is 0 Å². The number of rotatable bonds is 2. The molecule has 3 aliphatic heterocycles. The van der Waals surface area contributed by atoms with E-state index in [1.807, 2.05) is 0 Å². The van der Waals surface area contributed by atoms with Crippen LogP contribution in [0.15, 0.2) is 29.5 Å². The van der Waals surface area contributed by atoms with Gasteiger partial charge in [-0.25, -0.2) is 4.39 Å². The lowest BCUT2D eigenvalue weighted by Gasteiger charge is -2.46. The molecule has 2 atom stereocenters. The second kappa shape index (κ2) is 8.22. The summed E-state index contributed by atoms with van der Waals surface area (Å²) in [7, 11) is 1.52. The van der Waals surface area contributed by atoms with Gasteiger partial charge < -0.3 is 19.8 Å². The lowest BCUT2D eigenvalue weighted by molar-refractivity contribution is -0.156. The number of piperidine rings is 1. The first kappa shape index (κ1) is 23.4. The van der Waals surface area contributed by atoms with Crippen LogP contribution in [0.4, 0.5) is 4.39 Å². The quantitative estimate of drug-likeness (QED) is 0.512. The van der Waals surface area contributed by atoms with Crippen LogP contribution in [0.25, 0.3) is 0 Å². The molecular weight excluding hydrogens is 453 g/mol. The van der Waals surface area contributed by atoms with Crippen LogP contribution >= 0.6 is 11.6 Å². The minimum atomic E-state index is -1.36. The normalized spacial score (nSPS) is 25.7. The number of hydrogen-bond donors (Lipinski definition) is 1. The van der Waals surface area contributed by atoms with E-state index in [2.05, 4.69) is 0 Å². The van der Waals surface area contributed by atoms with Gasteiger partial charge in [0.2, 0.25) is 11.7 Å². The number of nitrogens with zero attached hydrogens (tertiary/aromatic N) is 3. The minimum absolute atomic E-state index is 0.0180. The monoisotopic (exact) mass is 477 g/mol. The van der Waals surface area contributed by atoms with E-state index < -0.39 is 46.8 Å².